The van der Waals surface area contributed by atoms with E-state index in [2.05, 4.69) is 5.10 Å². The summed E-state index contributed by atoms with van der Waals surface area (Å²) in [6, 6.07) is 8.92. The molecule has 2 aromatic rings. The summed E-state index contributed by atoms with van der Waals surface area (Å²) in [5.41, 5.74) is 0.773. The zero-order chi connectivity index (χ0) is 11.5. The van der Waals surface area contributed by atoms with Gasteiger partial charge in [0, 0.05) is 12.3 Å². The monoisotopic (exact) mass is 234 g/mol. The van der Waals surface area contributed by atoms with Crippen LogP contribution in [0.4, 0.5) is 0 Å². The van der Waals surface area contributed by atoms with Gasteiger partial charge in [0.05, 0.1) is 0 Å². The maximum absolute atomic E-state index is 10.9. The minimum Gasteiger partial charge on any atom is -0.430 e. The molecule has 0 bridgehead atoms. The van der Waals surface area contributed by atoms with Crippen molar-refractivity contribution in [2.24, 2.45) is 0 Å². The van der Waals surface area contributed by atoms with Gasteiger partial charge in [-0.3, -0.25) is 9.89 Å². The van der Waals surface area contributed by atoms with Crippen LogP contribution in [0.25, 0.3) is 0 Å². The van der Waals surface area contributed by atoms with Gasteiger partial charge in [-0.15, -0.1) is 0 Å². The number of para-hydroxylation sites is 1. The SMILES string of the molecule is Cc1ccccc1OC(=S)n1ccc(=O)[nH]1. The van der Waals surface area contributed by atoms with Gasteiger partial charge >= 0.3 is 0 Å². The van der Waals surface area contributed by atoms with Gasteiger partial charge in [0.25, 0.3) is 10.7 Å². The number of hydrogen-bond acceptors (Lipinski definition) is 3. The molecule has 0 aliphatic heterocycles. The van der Waals surface area contributed by atoms with Gasteiger partial charge in [0.2, 0.25) is 0 Å². The fraction of sp³-hybridized carbons (Fsp3) is 0.0909. The van der Waals surface area contributed by atoms with Crippen LogP contribution in [0.2, 0.25) is 0 Å². The van der Waals surface area contributed by atoms with Crippen molar-refractivity contribution in [1.29, 1.82) is 0 Å². The zero-order valence-corrected chi connectivity index (χ0v) is 9.45. The maximum Gasteiger partial charge on any atom is 0.288 e. The molecular formula is C11H10N2O2S. The van der Waals surface area contributed by atoms with Crippen molar-refractivity contribution in [3.05, 3.63) is 52.4 Å². The van der Waals surface area contributed by atoms with Crippen LogP contribution in [0.5, 0.6) is 5.75 Å². The van der Waals surface area contributed by atoms with Gasteiger partial charge in [-0.05, 0) is 30.8 Å². The molecule has 0 atom stereocenters. The summed E-state index contributed by atoms with van der Waals surface area (Å²) >= 11 is 5.05. The molecule has 16 heavy (non-hydrogen) atoms. The molecule has 0 radical (unpaired) electrons. The van der Waals surface area contributed by atoms with Crippen molar-refractivity contribution >= 4 is 17.4 Å². The normalized spacial score (nSPS) is 10.1. The van der Waals surface area contributed by atoms with E-state index < -0.39 is 0 Å². The predicted molar refractivity (Wildman–Crippen MR) is 64.9 cm³/mol. The van der Waals surface area contributed by atoms with Crippen molar-refractivity contribution in [3.8, 4) is 5.75 Å². The predicted octanol–water partition coefficient (Wildman–Crippen LogP) is 1.70. The highest BCUT2D eigenvalue weighted by Crippen LogP contribution is 2.16. The minimum atomic E-state index is -0.212. The largest absolute Gasteiger partial charge is 0.430 e. The Balaban J connectivity index is 2.20. The Morgan fingerprint density at radius 1 is 1.38 bits per heavy atom. The van der Waals surface area contributed by atoms with E-state index in [0.29, 0.717) is 5.75 Å². The first kappa shape index (κ1) is 10.6. The molecule has 1 aromatic heterocycles. The number of rotatable bonds is 1. The molecule has 0 unspecified atom stereocenters. The molecule has 0 amide bonds. The van der Waals surface area contributed by atoms with Crippen LogP contribution in [-0.2, 0) is 0 Å². The molecule has 0 aliphatic rings. The Labute approximate surface area is 97.5 Å². The second-order valence-corrected chi connectivity index (χ2v) is 3.64. The van der Waals surface area contributed by atoms with Crippen molar-refractivity contribution in [2.45, 2.75) is 6.92 Å². The van der Waals surface area contributed by atoms with Gasteiger partial charge in [-0.25, -0.2) is 4.68 Å². The number of thiocarbonyl (C=S) groups is 1. The smallest absolute Gasteiger partial charge is 0.288 e. The van der Waals surface area contributed by atoms with Gasteiger partial charge < -0.3 is 4.74 Å². The topological polar surface area (TPSA) is 47.0 Å². The van der Waals surface area contributed by atoms with Crippen molar-refractivity contribution in [2.75, 3.05) is 0 Å². The molecule has 5 heteroatoms. The van der Waals surface area contributed by atoms with E-state index in [-0.39, 0.29) is 10.7 Å². The van der Waals surface area contributed by atoms with E-state index >= 15 is 0 Å². The quantitative estimate of drug-likeness (QED) is 0.764. The Kier molecular flexibility index (Phi) is 2.87. The standard InChI is InChI=1S/C11H10N2O2S/c1-8-4-2-3-5-9(8)15-11(16)13-7-6-10(14)12-13/h2-7H,1H3,(H,12,14). The molecule has 1 aromatic carbocycles. The number of aromatic amines is 1. The molecule has 4 nitrogen and oxygen atoms in total. The molecule has 0 fully saturated rings. The second kappa shape index (κ2) is 4.32. The summed E-state index contributed by atoms with van der Waals surface area (Å²) in [5, 5.41) is 2.70. The average Bonchev–Trinajstić information content (AvgIpc) is 2.68. The maximum atomic E-state index is 10.9. The van der Waals surface area contributed by atoms with E-state index in [1.54, 1.807) is 0 Å². The fourth-order valence-corrected chi connectivity index (χ4v) is 1.45. The molecule has 1 N–H and O–H groups in total. The molecule has 1 heterocycles. The first-order chi connectivity index (χ1) is 7.66. The summed E-state index contributed by atoms with van der Waals surface area (Å²) in [4.78, 5) is 10.9. The van der Waals surface area contributed by atoms with Crippen LogP contribution in [0.3, 0.4) is 0 Å². The van der Waals surface area contributed by atoms with Crippen LogP contribution >= 0.6 is 12.2 Å². The number of ether oxygens (including phenoxy) is 1. The summed E-state index contributed by atoms with van der Waals surface area (Å²) in [5.74, 6) is 0.682. The number of aryl methyl sites for hydroxylation is 1. The van der Waals surface area contributed by atoms with Crippen LogP contribution in [0, 0.1) is 6.92 Å². The van der Waals surface area contributed by atoms with Crippen molar-refractivity contribution in [1.82, 2.24) is 9.78 Å². The lowest BCUT2D eigenvalue weighted by atomic mass is 10.2. The summed E-state index contributed by atoms with van der Waals surface area (Å²) in [6.45, 7) is 1.93. The third-order valence-electron chi connectivity index (χ3n) is 2.09. The van der Waals surface area contributed by atoms with E-state index in [1.165, 1.54) is 16.9 Å². The third kappa shape index (κ3) is 2.20. The average molecular weight is 234 g/mol. The van der Waals surface area contributed by atoms with Gasteiger partial charge in [0.15, 0.2) is 0 Å². The highest BCUT2D eigenvalue weighted by atomic mass is 32.1. The van der Waals surface area contributed by atoms with E-state index in [0.717, 1.165) is 5.56 Å². The first-order valence-electron chi connectivity index (χ1n) is 4.72. The number of nitrogens with one attached hydrogen (secondary N) is 1. The first-order valence-corrected chi connectivity index (χ1v) is 5.13. The highest BCUT2D eigenvalue weighted by molar-refractivity contribution is 7.80. The van der Waals surface area contributed by atoms with Crippen LogP contribution < -0.4 is 10.3 Å². The molecule has 0 spiro atoms. The lowest BCUT2D eigenvalue weighted by Gasteiger charge is -2.08. The number of benzene rings is 1. The Bertz CT molecular complexity index is 571. The Hall–Kier alpha value is -1.88. The lowest BCUT2D eigenvalue weighted by Crippen LogP contribution is -2.19. The highest BCUT2D eigenvalue weighted by Gasteiger charge is 2.04. The number of nitrogens with zero attached hydrogens (tertiary/aromatic N) is 1. The Morgan fingerprint density at radius 2 is 2.12 bits per heavy atom. The molecule has 0 saturated carbocycles. The number of aromatic nitrogens is 2. The summed E-state index contributed by atoms with van der Waals surface area (Å²) in [6.07, 6.45) is 1.53. The molecule has 2 rings (SSSR count). The van der Waals surface area contributed by atoms with Crippen molar-refractivity contribution in [3.63, 3.8) is 0 Å². The van der Waals surface area contributed by atoms with Crippen molar-refractivity contribution < 1.29 is 4.74 Å². The third-order valence-corrected chi connectivity index (χ3v) is 2.37. The molecule has 0 saturated heterocycles. The molecule has 82 valence electrons. The zero-order valence-electron chi connectivity index (χ0n) is 8.64. The van der Waals surface area contributed by atoms with Crippen LogP contribution in [0.15, 0.2) is 41.3 Å². The summed E-state index contributed by atoms with van der Waals surface area (Å²) in [7, 11) is 0. The van der Waals surface area contributed by atoms with E-state index in [1.807, 2.05) is 31.2 Å². The molecular weight excluding hydrogens is 224 g/mol. The lowest BCUT2D eigenvalue weighted by molar-refractivity contribution is 0.524. The molecule has 0 aliphatic carbocycles. The van der Waals surface area contributed by atoms with Gasteiger partial charge in [-0.2, -0.15) is 0 Å². The number of hydrogen-bond donors (Lipinski definition) is 1. The van der Waals surface area contributed by atoms with E-state index in [4.69, 9.17) is 17.0 Å². The minimum absolute atomic E-state index is 0.191. The summed E-state index contributed by atoms with van der Waals surface area (Å²) < 4.78 is 6.83. The fourth-order valence-electron chi connectivity index (χ4n) is 1.26. The van der Waals surface area contributed by atoms with Gasteiger partial charge in [0.1, 0.15) is 5.75 Å². The van der Waals surface area contributed by atoms with Crippen LogP contribution in [-0.4, -0.2) is 15.0 Å². The Morgan fingerprint density at radius 3 is 2.75 bits per heavy atom. The number of H-pyrrole nitrogens is 1. The van der Waals surface area contributed by atoms with Gasteiger partial charge in [-0.1, -0.05) is 18.2 Å². The second-order valence-electron chi connectivity index (χ2n) is 3.30. The van der Waals surface area contributed by atoms with Crippen LogP contribution in [0.1, 0.15) is 5.56 Å². The van der Waals surface area contributed by atoms with E-state index in [9.17, 15) is 4.79 Å².